The van der Waals surface area contributed by atoms with E-state index in [0.29, 0.717) is 11.7 Å². The number of anilines is 1. The predicted molar refractivity (Wildman–Crippen MR) is 76.3 cm³/mol. The van der Waals surface area contributed by atoms with Gasteiger partial charge in [-0.3, -0.25) is 0 Å². The molecule has 0 radical (unpaired) electrons. The lowest BCUT2D eigenvalue weighted by molar-refractivity contribution is 0.645. The third-order valence-electron chi connectivity index (χ3n) is 3.20. The second-order valence-corrected chi connectivity index (χ2v) is 5.44. The highest BCUT2D eigenvalue weighted by molar-refractivity contribution is 7.10. The van der Waals surface area contributed by atoms with Gasteiger partial charge in [0.2, 0.25) is 0 Å². The van der Waals surface area contributed by atoms with Crippen LogP contribution in [0.15, 0.2) is 42.0 Å². The maximum atomic E-state index is 5.74. The Hall–Kier alpha value is -1.81. The van der Waals surface area contributed by atoms with Crippen LogP contribution in [0.25, 0.3) is 5.57 Å². The fourth-order valence-electron chi connectivity index (χ4n) is 2.29. The largest absolute Gasteiger partial charge is 0.390 e. The Morgan fingerprint density at radius 1 is 1.39 bits per heavy atom. The molecule has 2 aromatic heterocycles. The summed E-state index contributed by atoms with van der Waals surface area (Å²) >= 11 is 1.83. The molecule has 0 fully saturated rings. The Balaban J connectivity index is 1.84. The minimum absolute atomic E-state index is 0.555. The van der Waals surface area contributed by atoms with Gasteiger partial charge in [0.1, 0.15) is 5.82 Å². The topological polar surface area (TPSA) is 50.9 Å². The van der Waals surface area contributed by atoms with Gasteiger partial charge in [0.25, 0.3) is 0 Å². The van der Waals surface area contributed by atoms with Gasteiger partial charge >= 0.3 is 0 Å². The molecular formula is C14H15N3S. The number of pyridine rings is 1. The molecule has 92 valence electrons. The van der Waals surface area contributed by atoms with Crippen molar-refractivity contribution in [3.05, 3.63) is 52.5 Å². The SMILES string of the molecule is Nc1cc(C2=CNCC(c3cccs3)C2)ccn1. The van der Waals surface area contributed by atoms with Crippen LogP contribution in [-0.2, 0) is 0 Å². The molecule has 18 heavy (non-hydrogen) atoms. The zero-order valence-corrected chi connectivity index (χ0v) is 10.8. The van der Waals surface area contributed by atoms with Gasteiger partial charge in [-0.15, -0.1) is 11.3 Å². The van der Waals surface area contributed by atoms with Crippen molar-refractivity contribution in [1.82, 2.24) is 10.3 Å². The van der Waals surface area contributed by atoms with Crippen LogP contribution in [-0.4, -0.2) is 11.5 Å². The normalized spacial score (nSPS) is 19.1. The van der Waals surface area contributed by atoms with E-state index in [1.807, 2.05) is 23.5 Å². The molecule has 0 bridgehead atoms. The maximum Gasteiger partial charge on any atom is 0.123 e. The van der Waals surface area contributed by atoms with E-state index in [4.69, 9.17) is 5.73 Å². The molecule has 3 rings (SSSR count). The van der Waals surface area contributed by atoms with E-state index in [9.17, 15) is 0 Å². The number of nitrogens with two attached hydrogens (primary N) is 1. The number of nitrogen functional groups attached to an aromatic ring is 1. The minimum atomic E-state index is 0.555. The Bertz CT molecular complexity index is 560. The van der Waals surface area contributed by atoms with E-state index in [0.717, 1.165) is 18.5 Å². The number of aromatic nitrogens is 1. The van der Waals surface area contributed by atoms with Crippen molar-refractivity contribution in [2.45, 2.75) is 12.3 Å². The fraction of sp³-hybridized carbons (Fsp3) is 0.214. The van der Waals surface area contributed by atoms with Crippen LogP contribution in [0.5, 0.6) is 0 Å². The molecule has 1 atom stereocenters. The van der Waals surface area contributed by atoms with Gasteiger partial charge < -0.3 is 11.1 Å². The highest BCUT2D eigenvalue weighted by Gasteiger charge is 2.19. The van der Waals surface area contributed by atoms with Gasteiger partial charge in [0, 0.05) is 29.7 Å². The number of allylic oxidation sites excluding steroid dienone is 1. The summed E-state index contributed by atoms with van der Waals surface area (Å²) in [5.74, 6) is 1.13. The number of hydrogen-bond donors (Lipinski definition) is 2. The lowest BCUT2D eigenvalue weighted by Crippen LogP contribution is -2.21. The third-order valence-corrected chi connectivity index (χ3v) is 4.24. The standard InChI is InChI=1S/C14H15N3S/c15-14-7-10(3-4-17-14)11-6-12(9-16-8-11)13-2-1-5-18-13/h1-5,7-8,12,16H,6,9H2,(H2,15,17). The van der Waals surface area contributed by atoms with Gasteiger partial charge in [0.05, 0.1) is 0 Å². The van der Waals surface area contributed by atoms with Crippen LogP contribution >= 0.6 is 11.3 Å². The molecule has 1 aliphatic heterocycles. The third kappa shape index (κ3) is 2.24. The van der Waals surface area contributed by atoms with E-state index in [-0.39, 0.29) is 0 Å². The summed E-state index contributed by atoms with van der Waals surface area (Å²) in [4.78, 5) is 5.48. The summed E-state index contributed by atoms with van der Waals surface area (Å²) in [7, 11) is 0. The van der Waals surface area contributed by atoms with Crippen LogP contribution in [0.2, 0.25) is 0 Å². The first kappa shape index (κ1) is 11.3. The Kier molecular flexibility index (Phi) is 3.02. The molecule has 1 aliphatic rings. The Morgan fingerprint density at radius 2 is 2.33 bits per heavy atom. The van der Waals surface area contributed by atoms with E-state index < -0.39 is 0 Å². The summed E-state index contributed by atoms with van der Waals surface area (Å²) in [5.41, 5.74) is 8.20. The van der Waals surface area contributed by atoms with Crippen molar-refractivity contribution in [3.63, 3.8) is 0 Å². The van der Waals surface area contributed by atoms with Gasteiger partial charge in [-0.05, 0) is 41.1 Å². The van der Waals surface area contributed by atoms with E-state index in [1.54, 1.807) is 6.20 Å². The van der Waals surface area contributed by atoms with Gasteiger partial charge in [-0.25, -0.2) is 4.98 Å². The highest BCUT2D eigenvalue weighted by Crippen LogP contribution is 2.33. The zero-order valence-electron chi connectivity index (χ0n) is 9.97. The average molecular weight is 257 g/mol. The van der Waals surface area contributed by atoms with Crippen LogP contribution in [0.4, 0.5) is 5.82 Å². The first-order valence-corrected chi connectivity index (χ1v) is 6.88. The second kappa shape index (κ2) is 4.82. The summed E-state index contributed by atoms with van der Waals surface area (Å²) in [6, 6.07) is 8.27. The quantitative estimate of drug-likeness (QED) is 0.869. The molecule has 2 aromatic rings. The fourth-order valence-corrected chi connectivity index (χ4v) is 3.13. The van der Waals surface area contributed by atoms with Crippen LogP contribution in [0.1, 0.15) is 22.8 Å². The molecule has 0 aromatic carbocycles. The van der Waals surface area contributed by atoms with Crippen LogP contribution in [0.3, 0.4) is 0 Å². The lowest BCUT2D eigenvalue weighted by atomic mass is 9.91. The van der Waals surface area contributed by atoms with Crippen molar-refractivity contribution in [1.29, 1.82) is 0 Å². The van der Waals surface area contributed by atoms with Crippen molar-refractivity contribution >= 4 is 22.7 Å². The summed E-state index contributed by atoms with van der Waals surface area (Å²) < 4.78 is 0. The number of nitrogens with zero attached hydrogens (tertiary/aromatic N) is 1. The first-order chi connectivity index (χ1) is 8.83. The van der Waals surface area contributed by atoms with Gasteiger partial charge in [0.15, 0.2) is 0 Å². The van der Waals surface area contributed by atoms with Crippen LogP contribution in [0, 0.1) is 0 Å². The molecule has 1 unspecified atom stereocenters. The number of rotatable bonds is 2. The summed E-state index contributed by atoms with van der Waals surface area (Å²) in [5, 5.41) is 5.51. The molecule has 3 nitrogen and oxygen atoms in total. The second-order valence-electron chi connectivity index (χ2n) is 4.46. The lowest BCUT2D eigenvalue weighted by Gasteiger charge is -2.23. The first-order valence-electron chi connectivity index (χ1n) is 6.00. The number of thiophene rings is 1. The Labute approximate surface area is 110 Å². The van der Waals surface area contributed by atoms with Crippen molar-refractivity contribution < 1.29 is 0 Å². The Morgan fingerprint density at radius 3 is 3.11 bits per heavy atom. The molecule has 0 saturated heterocycles. The zero-order chi connectivity index (χ0) is 12.4. The number of hydrogen-bond acceptors (Lipinski definition) is 4. The molecule has 0 amide bonds. The van der Waals surface area contributed by atoms with Crippen molar-refractivity contribution in [2.75, 3.05) is 12.3 Å². The summed E-state index contributed by atoms with van der Waals surface area (Å²) in [6.07, 6.45) is 4.91. The van der Waals surface area contributed by atoms with E-state index >= 15 is 0 Å². The summed E-state index contributed by atoms with van der Waals surface area (Å²) in [6.45, 7) is 1.00. The molecular weight excluding hydrogens is 242 g/mol. The van der Waals surface area contributed by atoms with Crippen molar-refractivity contribution in [3.8, 4) is 0 Å². The van der Waals surface area contributed by atoms with E-state index in [1.165, 1.54) is 10.5 Å². The maximum absolute atomic E-state index is 5.74. The molecule has 3 N–H and O–H groups in total. The number of nitrogens with one attached hydrogen (secondary N) is 1. The molecule has 0 aliphatic carbocycles. The molecule has 0 spiro atoms. The van der Waals surface area contributed by atoms with Gasteiger partial charge in [-0.2, -0.15) is 0 Å². The molecule has 3 heterocycles. The smallest absolute Gasteiger partial charge is 0.123 e. The van der Waals surface area contributed by atoms with Crippen LogP contribution < -0.4 is 11.1 Å². The highest BCUT2D eigenvalue weighted by atomic mass is 32.1. The minimum Gasteiger partial charge on any atom is -0.390 e. The average Bonchev–Trinajstić information content (AvgIpc) is 2.93. The van der Waals surface area contributed by atoms with Crippen molar-refractivity contribution in [2.24, 2.45) is 0 Å². The predicted octanol–water partition coefficient (Wildman–Crippen LogP) is 2.84. The monoisotopic (exact) mass is 257 g/mol. The molecule has 4 heteroatoms. The molecule has 0 saturated carbocycles. The van der Waals surface area contributed by atoms with Gasteiger partial charge in [-0.1, -0.05) is 6.07 Å². The van der Waals surface area contributed by atoms with E-state index in [2.05, 4.69) is 34.0 Å².